The van der Waals surface area contributed by atoms with Crippen molar-refractivity contribution in [3.05, 3.63) is 70.8 Å². The second-order valence-electron chi connectivity index (χ2n) is 5.99. The molecular formula is C20H21ClN2O. The van der Waals surface area contributed by atoms with E-state index >= 15 is 0 Å². The predicted octanol–water partition coefficient (Wildman–Crippen LogP) is 4.01. The Bertz CT molecular complexity index is 735. The van der Waals surface area contributed by atoms with Crippen LogP contribution in [0.25, 0.3) is 6.08 Å². The monoisotopic (exact) mass is 340 g/mol. The Morgan fingerprint density at radius 1 is 1.04 bits per heavy atom. The quantitative estimate of drug-likeness (QED) is 0.788. The summed E-state index contributed by atoms with van der Waals surface area (Å²) in [5, 5.41) is 0.750. The molecule has 3 nitrogen and oxygen atoms in total. The van der Waals surface area contributed by atoms with E-state index in [1.165, 1.54) is 5.56 Å². The summed E-state index contributed by atoms with van der Waals surface area (Å²) >= 11 is 6.11. The van der Waals surface area contributed by atoms with Crippen molar-refractivity contribution in [2.45, 2.75) is 6.92 Å². The molecule has 124 valence electrons. The van der Waals surface area contributed by atoms with E-state index in [0.29, 0.717) is 0 Å². The summed E-state index contributed by atoms with van der Waals surface area (Å²) < 4.78 is 0. The third kappa shape index (κ3) is 3.98. The number of hydrogen-bond acceptors (Lipinski definition) is 2. The van der Waals surface area contributed by atoms with Crippen LogP contribution in [0.2, 0.25) is 5.02 Å². The van der Waals surface area contributed by atoms with Crippen molar-refractivity contribution >= 4 is 29.3 Å². The van der Waals surface area contributed by atoms with Gasteiger partial charge in [0.25, 0.3) is 0 Å². The molecule has 0 radical (unpaired) electrons. The Labute approximate surface area is 148 Å². The van der Waals surface area contributed by atoms with E-state index in [0.717, 1.165) is 42.5 Å². The molecule has 2 aromatic rings. The molecule has 24 heavy (non-hydrogen) atoms. The molecule has 0 bridgehead atoms. The summed E-state index contributed by atoms with van der Waals surface area (Å²) in [6.07, 6.45) is 3.53. The minimum absolute atomic E-state index is 0.0707. The number of halogens is 1. The van der Waals surface area contributed by atoms with Crippen LogP contribution in [0.5, 0.6) is 0 Å². The zero-order valence-electron chi connectivity index (χ0n) is 13.8. The van der Waals surface area contributed by atoms with Gasteiger partial charge < -0.3 is 9.80 Å². The first-order chi connectivity index (χ1) is 11.6. The second-order valence-corrected chi connectivity index (χ2v) is 6.42. The topological polar surface area (TPSA) is 23.6 Å². The number of aryl methyl sites for hydroxylation is 1. The SMILES string of the molecule is Cc1ccc(Cl)cc1N1CCN(C(=O)/C=C/c2ccccc2)CC1. The molecule has 2 aromatic carbocycles. The largest absolute Gasteiger partial charge is 0.368 e. The average Bonchev–Trinajstić information content (AvgIpc) is 2.63. The molecule has 0 saturated carbocycles. The van der Waals surface area contributed by atoms with Crippen molar-refractivity contribution in [3.63, 3.8) is 0 Å². The van der Waals surface area contributed by atoms with Crippen LogP contribution in [0.4, 0.5) is 5.69 Å². The highest BCUT2D eigenvalue weighted by atomic mass is 35.5. The molecule has 1 amide bonds. The molecule has 1 aliphatic heterocycles. The summed E-state index contributed by atoms with van der Waals surface area (Å²) in [4.78, 5) is 16.5. The maximum Gasteiger partial charge on any atom is 0.246 e. The van der Waals surface area contributed by atoms with Gasteiger partial charge in [0.05, 0.1) is 0 Å². The zero-order chi connectivity index (χ0) is 16.9. The van der Waals surface area contributed by atoms with Gasteiger partial charge in [0.15, 0.2) is 0 Å². The van der Waals surface area contributed by atoms with Crippen LogP contribution in [0.3, 0.4) is 0 Å². The Morgan fingerprint density at radius 3 is 2.46 bits per heavy atom. The average molecular weight is 341 g/mol. The summed E-state index contributed by atoms with van der Waals surface area (Å²) in [6.45, 7) is 5.19. The molecule has 1 saturated heterocycles. The van der Waals surface area contributed by atoms with Gasteiger partial charge in [-0.3, -0.25) is 4.79 Å². The summed E-state index contributed by atoms with van der Waals surface area (Å²) in [5.74, 6) is 0.0707. The maximum absolute atomic E-state index is 12.3. The first kappa shape index (κ1) is 16.6. The van der Waals surface area contributed by atoms with E-state index in [1.807, 2.05) is 59.5 Å². The number of piperazine rings is 1. The fourth-order valence-corrected chi connectivity index (χ4v) is 3.09. The molecule has 1 heterocycles. The van der Waals surface area contributed by atoms with Crippen molar-refractivity contribution < 1.29 is 4.79 Å². The van der Waals surface area contributed by atoms with Gasteiger partial charge in [-0.2, -0.15) is 0 Å². The van der Waals surface area contributed by atoms with Gasteiger partial charge in [0, 0.05) is 43.0 Å². The van der Waals surface area contributed by atoms with Crippen molar-refractivity contribution in [1.82, 2.24) is 4.90 Å². The third-order valence-electron chi connectivity index (χ3n) is 4.32. The Morgan fingerprint density at radius 2 is 1.75 bits per heavy atom. The second kappa shape index (κ2) is 7.54. The smallest absolute Gasteiger partial charge is 0.246 e. The fraction of sp³-hybridized carbons (Fsp3) is 0.250. The van der Waals surface area contributed by atoms with E-state index < -0.39 is 0 Å². The third-order valence-corrected chi connectivity index (χ3v) is 4.56. The van der Waals surface area contributed by atoms with Gasteiger partial charge in [-0.25, -0.2) is 0 Å². The molecule has 0 aromatic heterocycles. The van der Waals surface area contributed by atoms with Crippen molar-refractivity contribution in [2.75, 3.05) is 31.1 Å². The Kier molecular flexibility index (Phi) is 5.21. The molecule has 1 fully saturated rings. The van der Waals surface area contributed by atoms with E-state index in [-0.39, 0.29) is 5.91 Å². The number of rotatable bonds is 3. The van der Waals surface area contributed by atoms with Crippen LogP contribution < -0.4 is 4.90 Å². The highest BCUT2D eigenvalue weighted by Crippen LogP contribution is 2.25. The van der Waals surface area contributed by atoms with E-state index in [1.54, 1.807) is 6.08 Å². The lowest BCUT2D eigenvalue weighted by molar-refractivity contribution is -0.126. The molecule has 0 atom stereocenters. The summed E-state index contributed by atoms with van der Waals surface area (Å²) in [7, 11) is 0. The van der Waals surface area contributed by atoms with E-state index in [9.17, 15) is 4.79 Å². The summed E-state index contributed by atoms with van der Waals surface area (Å²) in [6, 6.07) is 15.8. The van der Waals surface area contributed by atoms with Crippen molar-refractivity contribution in [2.24, 2.45) is 0 Å². The van der Waals surface area contributed by atoms with Gasteiger partial charge in [-0.05, 0) is 36.3 Å². The fourth-order valence-electron chi connectivity index (χ4n) is 2.93. The number of carbonyl (C=O) groups is 1. The maximum atomic E-state index is 12.3. The van der Waals surface area contributed by atoms with Gasteiger partial charge in [-0.15, -0.1) is 0 Å². The Balaban J connectivity index is 1.59. The minimum atomic E-state index is 0.0707. The zero-order valence-corrected chi connectivity index (χ0v) is 14.5. The van der Waals surface area contributed by atoms with E-state index in [2.05, 4.69) is 11.8 Å². The summed E-state index contributed by atoms with van der Waals surface area (Å²) in [5.41, 5.74) is 3.41. The first-order valence-corrected chi connectivity index (χ1v) is 8.54. The lowest BCUT2D eigenvalue weighted by atomic mass is 10.1. The standard InChI is InChI=1S/C20H21ClN2O/c1-16-7-9-18(21)15-19(16)22-11-13-23(14-12-22)20(24)10-8-17-5-3-2-4-6-17/h2-10,15H,11-14H2,1H3/b10-8+. The van der Waals surface area contributed by atoms with Gasteiger partial charge in [0.2, 0.25) is 5.91 Å². The predicted molar refractivity (Wildman–Crippen MR) is 100 cm³/mol. The van der Waals surface area contributed by atoms with Crippen molar-refractivity contribution in [1.29, 1.82) is 0 Å². The Hall–Kier alpha value is -2.26. The van der Waals surface area contributed by atoms with Crippen LogP contribution in [-0.4, -0.2) is 37.0 Å². The molecule has 0 aliphatic carbocycles. The first-order valence-electron chi connectivity index (χ1n) is 8.16. The molecule has 0 N–H and O–H groups in total. The number of hydrogen-bond donors (Lipinski definition) is 0. The minimum Gasteiger partial charge on any atom is -0.368 e. The van der Waals surface area contributed by atoms with Crippen molar-refractivity contribution in [3.8, 4) is 0 Å². The van der Waals surface area contributed by atoms with Crippen LogP contribution in [-0.2, 0) is 4.79 Å². The van der Waals surface area contributed by atoms with Crippen LogP contribution in [0.1, 0.15) is 11.1 Å². The molecule has 1 aliphatic rings. The number of benzene rings is 2. The van der Waals surface area contributed by atoms with Crippen LogP contribution in [0, 0.1) is 6.92 Å². The molecule has 0 spiro atoms. The lowest BCUT2D eigenvalue weighted by Crippen LogP contribution is -2.48. The number of carbonyl (C=O) groups excluding carboxylic acids is 1. The normalized spacial score (nSPS) is 15.1. The lowest BCUT2D eigenvalue weighted by Gasteiger charge is -2.36. The van der Waals surface area contributed by atoms with Gasteiger partial charge in [-0.1, -0.05) is 48.0 Å². The molecule has 3 rings (SSSR count). The van der Waals surface area contributed by atoms with Gasteiger partial charge in [0.1, 0.15) is 0 Å². The number of nitrogens with zero attached hydrogens (tertiary/aromatic N) is 2. The van der Waals surface area contributed by atoms with Crippen LogP contribution >= 0.6 is 11.6 Å². The van der Waals surface area contributed by atoms with E-state index in [4.69, 9.17) is 11.6 Å². The highest BCUT2D eigenvalue weighted by Gasteiger charge is 2.20. The molecule has 0 unspecified atom stereocenters. The molecule has 4 heteroatoms. The molecular weight excluding hydrogens is 320 g/mol. The highest BCUT2D eigenvalue weighted by molar-refractivity contribution is 6.30. The number of anilines is 1. The number of amides is 1. The van der Waals surface area contributed by atoms with Gasteiger partial charge >= 0.3 is 0 Å². The van der Waals surface area contributed by atoms with Crippen LogP contribution in [0.15, 0.2) is 54.6 Å².